The molecule has 0 N–H and O–H groups in total. The first-order valence-corrected chi connectivity index (χ1v) is 8.95. The van der Waals surface area contributed by atoms with Crippen LogP contribution in [0, 0.1) is 13.8 Å². The lowest BCUT2D eigenvalue weighted by Crippen LogP contribution is -2.19. The minimum atomic E-state index is -0.390. The maximum atomic E-state index is 6.09. The van der Waals surface area contributed by atoms with Crippen LogP contribution in [0.15, 0.2) is 42.5 Å². The van der Waals surface area contributed by atoms with Gasteiger partial charge < -0.3 is 14.2 Å². The standard InChI is InChI=1S/C22H30O3/c1-15(2)24-22(25-16(3)4)20-10-8-7-9-19(20)14-23-21-13-17(5)11-12-18(21)6/h7-13,15-16,22H,14H2,1-6H3. The normalized spacial score (nSPS) is 11.6. The minimum absolute atomic E-state index is 0.0803. The van der Waals surface area contributed by atoms with Crippen molar-refractivity contribution in [2.45, 2.75) is 66.6 Å². The molecule has 0 fully saturated rings. The Morgan fingerprint density at radius 1 is 0.840 bits per heavy atom. The molecule has 0 amide bonds. The van der Waals surface area contributed by atoms with Crippen LogP contribution < -0.4 is 4.74 Å². The first-order valence-electron chi connectivity index (χ1n) is 8.95. The van der Waals surface area contributed by atoms with Crippen molar-refractivity contribution in [2.75, 3.05) is 0 Å². The summed E-state index contributed by atoms with van der Waals surface area (Å²) in [7, 11) is 0. The van der Waals surface area contributed by atoms with Crippen LogP contribution in [-0.2, 0) is 16.1 Å². The van der Waals surface area contributed by atoms with Crippen LogP contribution in [-0.4, -0.2) is 12.2 Å². The highest BCUT2D eigenvalue weighted by Crippen LogP contribution is 2.27. The Labute approximate surface area is 151 Å². The van der Waals surface area contributed by atoms with Gasteiger partial charge in [0, 0.05) is 5.56 Å². The van der Waals surface area contributed by atoms with Gasteiger partial charge in [-0.2, -0.15) is 0 Å². The summed E-state index contributed by atoms with van der Waals surface area (Å²) in [6.07, 6.45) is -0.230. The first-order chi connectivity index (χ1) is 11.9. The van der Waals surface area contributed by atoms with Gasteiger partial charge in [-0.05, 0) is 64.3 Å². The van der Waals surface area contributed by atoms with E-state index in [2.05, 4.69) is 44.2 Å². The van der Waals surface area contributed by atoms with Gasteiger partial charge in [-0.15, -0.1) is 0 Å². The number of benzene rings is 2. The molecule has 0 radical (unpaired) electrons. The highest BCUT2D eigenvalue weighted by atomic mass is 16.7. The summed E-state index contributed by atoms with van der Waals surface area (Å²) in [5.41, 5.74) is 4.43. The smallest absolute Gasteiger partial charge is 0.184 e. The van der Waals surface area contributed by atoms with Gasteiger partial charge >= 0.3 is 0 Å². The zero-order valence-electron chi connectivity index (χ0n) is 16.2. The number of rotatable bonds is 8. The van der Waals surface area contributed by atoms with Crippen LogP contribution in [0.5, 0.6) is 5.75 Å². The quantitative estimate of drug-likeness (QED) is 0.573. The van der Waals surface area contributed by atoms with E-state index in [1.54, 1.807) is 0 Å². The Morgan fingerprint density at radius 3 is 2.12 bits per heavy atom. The van der Waals surface area contributed by atoms with Crippen molar-refractivity contribution >= 4 is 0 Å². The maximum absolute atomic E-state index is 6.09. The van der Waals surface area contributed by atoms with Crippen molar-refractivity contribution in [2.24, 2.45) is 0 Å². The van der Waals surface area contributed by atoms with Crippen LogP contribution in [0.2, 0.25) is 0 Å². The second kappa shape index (κ2) is 9.02. The van der Waals surface area contributed by atoms with Crippen LogP contribution in [0.4, 0.5) is 0 Å². The summed E-state index contributed by atoms with van der Waals surface area (Å²) in [5.74, 6) is 0.918. The van der Waals surface area contributed by atoms with Gasteiger partial charge in [0.05, 0.1) is 12.2 Å². The van der Waals surface area contributed by atoms with Crippen molar-refractivity contribution in [3.8, 4) is 5.75 Å². The van der Waals surface area contributed by atoms with Crippen LogP contribution in [0.25, 0.3) is 0 Å². The molecule has 2 aromatic carbocycles. The molecule has 0 atom stereocenters. The predicted molar refractivity (Wildman–Crippen MR) is 102 cm³/mol. The highest BCUT2D eigenvalue weighted by Gasteiger charge is 2.19. The van der Waals surface area contributed by atoms with Gasteiger partial charge in [0.2, 0.25) is 0 Å². The molecule has 25 heavy (non-hydrogen) atoms. The topological polar surface area (TPSA) is 27.7 Å². The van der Waals surface area contributed by atoms with E-state index in [0.717, 1.165) is 22.4 Å². The summed E-state index contributed by atoms with van der Waals surface area (Å²) in [4.78, 5) is 0. The molecule has 2 rings (SSSR count). The van der Waals surface area contributed by atoms with Gasteiger partial charge in [0.15, 0.2) is 6.29 Å². The average molecular weight is 342 g/mol. The summed E-state index contributed by atoms with van der Waals surface area (Å²) in [5, 5.41) is 0. The van der Waals surface area contributed by atoms with Gasteiger partial charge in [0.1, 0.15) is 12.4 Å². The van der Waals surface area contributed by atoms with E-state index in [9.17, 15) is 0 Å². The molecular weight excluding hydrogens is 312 g/mol. The number of hydrogen-bond acceptors (Lipinski definition) is 3. The lowest BCUT2D eigenvalue weighted by atomic mass is 10.1. The molecule has 0 bridgehead atoms. The van der Waals surface area contributed by atoms with E-state index in [-0.39, 0.29) is 12.2 Å². The van der Waals surface area contributed by atoms with Gasteiger partial charge in [-0.1, -0.05) is 36.4 Å². The average Bonchev–Trinajstić information content (AvgIpc) is 2.54. The molecule has 3 nitrogen and oxygen atoms in total. The summed E-state index contributed by atoms with van der Waals surface area (Å²) < 4.78 is 18.1. The summed E-state index contributed by atoms with van der Waals surface area (Å²) in [6, 6.07) is 14.4. The molecule has 0 heterocycles. The fourth-order valence-corrected chi connectivity index (χ4v) is 2.59. The molecule has 0 saturated heterocycles. The monoisotopic (exact) mass is 342 g/mol. The van der Waals surface area contributed by atoms with Gasteiger partial charge in [0.25, 0.3) is 0 Å². The van der Waals surface area contributed by atoms with Crippen molar-refractivity contribution in [1.29, 1.82) is 0 Å². The molecule has 0 spiro atoms. The van der Waals surface area contributed by atoms with E-state index in [1.165, 1.54) is 5.56 Å². The molecule has 2 aromatic rings. The molecule has 0 unspecified atom stereocenters. The third-order valence-electron chi connectivity index (χ3n) is 3.83. The Kier molecular flexibility index (Phi) is 7.03. The van der Waals surface area contributed by atoms with E-state index in [1.807, 2.05) is 39.8 Å². The van der Waals surface area contributed by atoms with Gasteiger partial charge in [-0.3, -0.25) is 0 Å². The Hall–Kier alpha value is -1.84. The van der Waals surface area contributed by atoms with E-state index < -0.39 is 6.29 Å². The largest absolute Gasteiger partial charge is 0.489 e. The van der Waals surface area contributed by atoms with Gasteiger partial charge in [-0.25, -0.2) is 0 Å². The Bertz CT molecular complexity index is 667. The predicted octanol–water partition coefficient (Wildman–Crippen LogP) is 5.73. The zero-order valence-corrected chi connectivity index (χ0v) is 16.2. The van der Waals surface area contributed by atoms with E-state index >= 15 is 0 Å². The van der Waals surface area contributed by atoms with Crippen LogP contribution in [0.1, 0.15) is 56.2 Å². The second-order valence-corrected chi connectivity index (χ2v) is 6.96. The second-order valence-electron chi connectivity index (χ2n) is 6.96. The molecule has 0 aromatic heterocycles. The lowest BCUT2D eigenvalue weighted by Gasteiger charge is -2.25. The van der Waals surface area contributed by atoms with Crippen molar-refractivity contribution in [3.05, 3.63) is 64.7 Å². The van der Waals surface area contributed by atoms with E-state index in [4.69, 9.17) is 14.2 Å². The molecule has 136 valence electrons. The first kappa shape index (κ1) is 19.5. The minimum Gasteiger partial charge on any atom is -0.489 e. The molecule has 0 aliphatic carbocycles. The Balaban J connectivity index is 2.22. The summed E-state index contributed by atoms with van der Waals surface area (Å²) >= 11 is 0. The number of aryl methyl sites for hydroxylation is 2. The SMILES string of the molecule is Cc1ccc(C)c(OCc2ccccc2C(OC(C)C)OC(C)C)c1. The van der Waals surface area contributed by atoms with Crippen molar-refractivity contribution in [3.63, 3.8) is 0 Å². The van der Waals surface area contributed by atoms with Crippen molar-refractivity contribution in [1.82, 2.24) is 0 Å². The summed E-state index contributed by atoms with van der Waals surface area (Å²) in [6.45, 7) is 12.7. The number of ether oxygens (including phenoxy) is 3. The molecule has 0 aliphatic rings. The van der Waals surface area contributed by atoms with E-state index in [0.29, 0.717) is 6.61 Å². The zero-order chi connectivity index (χ0) is 18.4. The molecule has 3 heteroatoms. The van der Waals surface area contributed by atoms with Crippen LogP contribution >= 0.6 is 0 Å². The molecule has 0 aliphatic heterocycles. The third-order valence-corrected chi connectivity index (χ3v) is 3.83. The maximum Gasteiger partial charge on any atom is 0.184 e. The highest BCUT2D eigenvalue weighted by molar-refractivity contribution is 5.36. The number of hydrogen-bond donors (Lipinski definition) is 0. The van der Waals surface area contributed by atoms with Crippen molar-refractivity contribution < 1.29 is 14.2 Å². The van der Waals surface area contributed by atoms with Crippen LogP contribution in [0.3, 0.4) is 0 Å². The molecular formula is C22H30O3. The third kappa shape index (κ3) is 5.87. The fraction of sp³-hybridized carbons (Fsp3) is 0.455. The lowest BCUT2D eigenvalue weighted by molar-refractivity contribution is -0.186. The fourth-order valence-electron chi connectivity index (χ4n) is 2.59. The Morgan fingerprint density at radius 2 is 1.48 bits per heavy atom. The molecule has 0 saturated carbocycles.